The van der Waals surface area contributed by atoms with Crippen molar-refractivity contribution in [3.05, 3.63) is 64.9 Å². The molecule has 0 aromatic heterocycles. The van der Waals surface area contributed by atoms with E-state index in [0.717, 1.165) is 5.56 Å². The molecule has 0 aliphatic rings. The van der Waals surface area contributed by atoms with Gasteiger partial charge in [-0.3, -0.25) is 4.21 Å². The van der Waals surface area contributed by atoms with Crippen LogP contribution in [0.2, 0.25) is 5.02 Å². The highest BCUT2D eigenvalue weighted by molar-refractivity contribution is 7.85. The Labute approximate surface area is 124 Å². The van der Waals surface area contributed by atoms with E-state index in [0.29, 0.717) is 4.90 Å². The third-order valence-corrected chi connectivity index (χ3v) is 4.79. The van der Waals surface area contributed by atoms with Crippen LogP contribution in [0.5, 0.6) is 0 Å². The summed E-state index contributed by atoms with van der Waals surface area (Å²) in [7, 11) is -1.46. The topological polar surface area (TPSA) is 40.9 Å². The smallest absolute Gasteiger partial charge is 0.141 e. The zero-order chi connectivity index (χ0) is 14.5. The average molecular weight is 308 g/mol. The zero-order valence-corrected chi connectivity index (χ0v) is 12.0. The predicted molar refractivity (Wildman–Crippen MR) is 77.2 cm³/mol. The fourth-order valence-corrected chi connectivity index (χ4v) is 3.47. The van der Waals surface area contributed by atoms with Gasteiger partial charge in [-0.1, -0.05) is 41.9 Å². The van der Waals surface area contributed by atoms with E-state index in [1.807, 2.05) is 36.4 Å². The van der Waals surface area contributed by atoms with Crippen LogP contribution in [0.3, 0.4) is 0 Å². The minimum atomic E-state index is -1.46. The number of nitriles is 1. The van der Waals surface area contributed by atoms with Gasteiger partial charge in [-0.15, -0.1) is 0 Å². The van der Waals surface area contributed by atoms with E-state index in [1.54, 1.807) is 0 Å². The second-order valence-electron chi connectivity index (χ2n) is 4.13. The van der Waals surface area contributed by atoms with Gasteiger partial charge in [-0.25, -0.2) is 4.39 Å². The van der Waals surface area contributed by atoms with Gasteiger partial charge in [-0.05, 0) is 23.8 Å². The van der Waals surface area contributed by atoms with Crippen molar-refractivity contribution in [2.24, 2.45) is 0 Å². The third-order valence-electron chi connectivity index (χ3n) is 2.83. The Morgan fingerprint density at radius 3 is 2.55 bits per heavy atom. The molecule has 0 bridgehead atoms. The van der Waals surface area contributed by atoms with Crippen LogP contribution >= 0.6 is 11.6 Å². The molecule has 0 aliphatic heterocycles. The van der Waals surface area contributed by atoms with Gasteiger partial charge >= 0.3 is 0 Å². The Morgan fingerprint density at radius 1 is 1.25 bits per heavy atom. The summed E-state index contributed by atoms with van der Waals surface area (Å²) < 4.78 is 25.7. The Morgan fingerprint density at radius 2 is 1.95 bits per heavy atom. The molecule has 2 unspecified atom stereocenters. The molecule has 20 heavy (non-hydrogen) atoms. The summed E-state index contributed by atoms with van der Waals surface area (Å²) >= 11 is 5.71. The Kier molecular flexibility index (Phi) is 4.89. The third kappa shape index (κ3) is 3.24. The maximum Gasteiger partial charge on any atom is 0.141 e. The molecule has 2 atom stereocenters. The normalized spacial score (nSPS) is 13.4. The van der Waals surface area contributed by atoms with Crippen molar-refractivity contribution in [2.45, 2.75) is 16.6 Å². The lowest BCUT2D eigenvalue weighted by molar-refractivity contribution is 0.626. The number of halogens is 2. The zero-order valence-electron chi connectivity index (χ0n) is 10.4. The molecule has 0 spiro atoms. The lowest BCUT2D eigenvalue weighted by atomic mass is 10.1. The molecule has 0 heterocycles. The number of hydrogen-bond donors (Lipinski definition) is 0. The highest BCUT2D eigenvalue weighted by Gasteiger charge is 2.21. The quantitative estimate of drug-likeness (QED) is 0.847. The SMILES string of the molecule is N#CCC(c1ccccc1)S(=O)c1ccc(F)c(Cl)c1. The molecule has 2 aromatic carbocycles. The molecule has 0 amide bonds. The summed E-state index contributed by atoms with van der Waals surface area (Å²) in [5.74, 6) is -0.552. The fourth-order valence-electron chi connectivity index (χ4n) is 1.83. The van der Waals surface area contributed by atoms with Gasteiger partial charge in [0.1, 0.15) is 5.82 Å². The highest BCUT2D eigenvalue weighted by atomic mass is 35.5. The number of nitrogens with zero attached hydrogens (tertiary/aromatic N) is 1. The standard InChI is InChI=1S/C15H11ClFNOS/c16-13-10-12(6-7-14(13)17)20(19)15(8-9-18)11-4-2-1-3-5-11/h1-7,10,15H,8H2. The van der Waals surface area contributed by atoms with E-state index in [9.17, 15) is 8.60 Å². The van der Waals surface area contributed by atoms with Gasteiger partial charge in [0.25, 0.3) is 0 Å². The summed E-state index contributed by atoms with van der Waals surface area (Å²) in [6.45, 7) is 0. The van der Waals surface area contributed by atoms with E-state index in [2.05, 4.69) is 0 Å². The molecule has 0 saturated heterocycles. The van der Waals surface area contributed by atoms with E-state index < -0.39 is 21.9 Å². The summed E-state index contributed by atoms with van der Waals surface area (Å²) in [6.07, 6.45) is 0.117. The second-order valence-corrected chi connectivity index (χ2v) is 6.18. The van der Waals surface area contributed by atoms with Crippen molar-refractivity contribution in [1.82, 2.24) is 0 Å². The van der Waals surface area contributed by atoms with Crippen LogP contribution in [0.4, 0.5) is 4.39 Å². The van der Waals surface area contributed by atoms with Crippen molar-refractivity contribution >= 4 is 22.4 Å². The first-order chi connectivity index (χ1) is 9.63. The lowest BCUT2D eigenvalue weighted by Crippen LogP contribution is -2.07. The van der Waals surface area contributed by atoms with E-state index in [1.165, 1.54) is 18.2 Å². The summed E-state index contributed by atoms with van der Waals surface area (Å²) in [5.41, 5.74) is 0.813. The van der Waals surface area contributed by atoms with E-state index in [-0.39, 0.29) is 11.4 Å². The van der Waals surface area contributed by atoms with Crippen molar-refractivity contribution < 1.29 is 8.60 Å². The van der Waals surface area contributed by atoms with Crippen LogP contribution in [-0.4, -0.2) is 4.21 Å². The monoisotopic (exact) mass is 307 g/mol. The van der Waals surface area contributed by atoms with Gasteiger partial charge in [-0.2, -0.15) is 5.26 Å². The summed E-state index contributed by atoms with van der Waals surface area (Å²) in [6, 6.07) is 15.2. The number of rotatable bonds is 4. The molecular formula is C15H11ClFNOS. The number of benzene rings is 2. The van der Waals surface area contributed by atoms with Crippen LogP contribution < -0.4 is 0 Å². The first-order valence-electron chi connectivity index (χ1n) is 5.91. The van der Waals surface area contributed by atoms with E-state index >= 15 is 0 Å². The molecule has 5 heteroatoms. The molecular weight excluding hydrogens is 297 g/mol. The van der Waals surface area contributed by atoms with Gasteiger partial charge in [0, 0.05) is 4.90 Å². The van der Waals surface area contributed by atoms with Crippen molar-refractivity contribution in [3.8, 4) is 6.07 Å². The van der Waals surface area contributed by atoms with Crippen LogP contribution in [-0.2, 0) is 10.8 Å². The highest BCUT2D eigenvalue weighted by Crippen LogP contribution is 2.29. The summed E-state index contributed by atoms with van der Waals surface area (Å²) in [5, 5.41) is 8.40. The summed E-state index contributed by atoms with van der Waals surface area (Å²) in [4.78, 5) is 0.417. The van der Waals surface area contributed by atoms with Crippen molar-refractivity contribution in [3.63, 3.8) is 0 Å². The maximum atomic E-state index is 13.2. The van der Waals surface area contributed by atoms with E-state index in [4.69, 9.17) is 16.9 Å². The molecule has 0 N–H and O–H groups in total. The van der Waals surface area contributed by atoms with Crippen LogP contribution in [0.25, 0.3) is 0 Å². The maximum absolute atomic E-state index is 13.2. The van der Waals surface area contributed by atoms with Crippen LogP contribution in [0.15, 0.2) is 53.4 Å². The first kappa shape index (κ1) is 14.7. The van der Waals surface area contributed by atoms with Crippen molar-refractivity contribution in [2.75, 3.05) is 0 Å². The first-order valence-corrected chi connectivity index (χ1v) is 7.50. The van der Waals surface area contributed by atoms with Crippen molar-refractivity contribution in [1.29, 1.82) is 5.26 Å². The Hall–Kier alpha value is -1.70. The largest absolute Gasteiger partial charge is 0.254 e. The second kappa shape index (κ2) is 6.65. The lowest BCUT2D eigenvalue weighted by Gasteiger charge is -2.14. The Bertz CT molecular complexity index is 669. The molecule has 2 nitrogen and oxygen atoms in total. The number of hydrogen-bond acceptors (Lipinski definition) is 2. The molecule has 0 radical (unpaired) electrons. The average Bonchev–Trinajstić information content (AvgIpc) is 2.48. The van der Waals surface area contributed by atoms with Crippen LogP contribution in [0.1, 0.15) is 17.2 Å². The van der Waals surface area contributed by atoms with Gasteiger partial charge in [0.15, 0.2) is 0 Å². The molecule has 0 fully saturated rings. The fraction of sp³-hybridized carbons (Fsp3) is 0.133. The molecule has 0 aliphatic carbocycles. The predicted octanol–water partition coefficient (Wildman–Crippen LogP) is 4.24. The molecule has 2 rings (SSSR count). The minimum absolute atomic E-state index is 0.0698. The minimum Gasteiger partial charge on any atom is -0.254 e. The van der Waals surface area contributed by atoms with Gasteiger partial charge in [0.2, 0.25) is 0 Å². The molecule has 2 aromatic rings. The van der Waals surface area contributed by atoms with Gasteiger partial charge < -0.3 is 0 Å². The molecule has 102 valence electrons. The Balaban J connectivity index is 2.37. The van der Waals surface area contributed by atoms with Crippen LogP contribution in [0, 0.1) is 17.1 Å². The molecule has 0 saturated carbocycles. The van der Waals surface area contributed by atoms with Gasteiger partial charge in [0.05, 0.1) is 33.6 Å².